The first-order valence-electron chi connectivity index (χ1n) is 10.1. The number of nitrogens with one attached hydrogen (secondary N) is 1. The molecule has 2 aliphatic rings. The van der Waals surface area contributed by atoms with E-state index >= 15 is 0 Å². The molecule has 30 heavy (non-hydrogen) atoms. The molecular weight excluding hydrogens is 391 g/mol. The van der Waals surface area contributed by atoms with Crippen molar-refractivity contribution in [1.82, 2.24) is 0 Å². The predicted octanol–water partition coefficient (Wildman–Crippen LogP) is 4.26. The van der Waals surface area contributed by atoms with Gasteiger partial charge in [0.1, 0.15) is 5.82 Å². The molecule has 2 aromatic carbocycles. The number of halogens is 3. The monoisotopic (exact) mass is 415 g/mol. The maximum atomic E-state index is 14.1. The summed E-state index contributed by atoms with van der Waals surface area (Å²) in [5.74, 6) is -3.39. The normalized spacial score (nSPS) is 20.7. The molecule has 0 spiro atoms. The molecule has 2 atom stereocenters. The highest BCUT2D eigenvalue weighted by atomic mass is 19.2. The van der Waals surface area contributed by atoms with Crippen molar-refractivity contribution in [2.45, 2.75) is 38.1 Å². The summed E-state index contributed by atoms with van der Waals surface area (Å²) in [4.78, 5) is 13.6. The third-order valence-corrected chi connectivity index (χ3v) is 5.99. The molecule has 1 heterocycles. The maximum Gasteiger partial charge on any atom is 0.223 e. The number of nitrogens with zero attached hydrogens (tertiary/aromatic N) is 1. The number of hydrogen-bond acceptors (Lipinski definition) is 3. The van der Waals surface area contributed by atoms with Crippen LogP contribution in [0.2, 0.25) is 0 Å². The van der Waals surface area contributed by atoms with Crippen LogP contribution in [0.1, 0.15) is 36.8 Å². The Morgan fingerprint density at radius 2 is 1.93 bits per heavy atom. The van der Waals surface area contributed by atoms with Gasteiger partial charge in [-0.25, -0.2) is 13.2 Å². The summed E-state index contributed by atoms with van der Waals surface area (Å²) in [6, 6.07) is 7.11. The molecule has 3 N–H and O–H groups in total. The minimum absolute atomic E-state index is 0.0300. The summed E-state index contributed by atoms with van der Waals surface area (Å²) in [6.45, 7) is 2.84. The summed E-state index contributed by atoms with van der Waals surface area (Å²) >= 11 is 0. The summed E-state index contributed by atoms with van der Waals surface area (Å²) in [6.07, 6.45) is 3.83. The van der Waals surface area contributed by atoms with Crippen LogP contribution < -0.4 is 16.0 Å². The Hall–Kier alpha value is -2.80. The Kier molecular flexibility index (Phi) is 5.56. The van der Waals surface area contributed by atoms with E-state index in [1.54, 1.807) is 11.8 Å². The van der Waals surface area contributed by atoms with E-state index in [9.17, 15) is 18.0 Å². The number of amides is 1. The van der Waals surface area contributed by atoms with Crippen LogP contribution >= 0.6 is 0 Å². The highest BCUT2D eigenvalue weighted by Crippen LogP contribution is 2.35. The quantitative estimate of drug-likeness (QED) is 0.580. The fourth-order valence-corrected chi connectivity index (χ4v) is 4.35. The Morgan fingerprint density at radius 1 is 1.17 bits per heavy atom. The van der Waals surface area contributed by atoms with E-state index in [-0.39, 0.29) is 17.5 Å². The lowest BCUT2D eigenvalue weighted by Gasteiger charge is -2.29. The fraction of sp³-hybridized carbons (Fsp3) is 0.348. The highest BCUT2D eigenvalue weighted by Gasteiger charge is 2.28. The molecule has 4 rings (SSSR count). The van der Waals surface area contributed by atoms with Crippen LogP contribution in [-0.2, 0) is 11.2 Å². The number of rotatable bonds is 4. The number of benzene rings is 2. The number of carbonyl (C=O) groups excluding carboxylic acids is 1. The van der Waals surface area contributed by atoms with Gasteiger partial charge in [0.15, 0.2) is 11.6 Å². The second-order valence-corrected chi connectivity index (χ2v) is 7.98. The van der Waals surface area contributed by atoms with Crippen molar-refractivity contribution >= 4 is 17.3 Å². The fourth-order valence-electron chi connectivity index (χ4n) is 4.35. The highest BCUT2D eigenvalue weighted by molar-refractivity contribution is 5.94. The van der Waals surface area contributed by atoms with Gasteiger partial charge in [0.2, 0.25) is 5.91 Å². The Labute approximate surface area is 173 Å². The van der Waals surface area contributed by atoms with Crippen molar-refractivity contribution < 1.29 is 18.0 Å². The number of allylic oxidation sites excluding steroid dienone is 1. The summed E-state index contributed by atoms with van der Waals surface area (Å²) < 4.78 is 40.9. The zero-order valence-electron chi connectivity index (χ0n) is 16.7. The van der Waals surface area contributed by atoms with Crippen LogP contribution in [0.25, 0.3) is 0 Å². The molecule has 4 nitrogen and oxygen atoms in total. The third-order valence-electron chi connectivity index (χ3n) is 5.99. The molecule has 1 aliphatic heterocycles. The molecule has 0 fully saturated rings. The van der Waals surface area contributed by atoms with Gasteiger partial charge in [-0.15, -0.1) is 0 Å². The predicted molar refractivity (Wildman–Crippen MR) is 111 cm³/mol. The van der Waals surface area contributed by atoms with E-state index in [2.05, 4.69) is 5.32 Å². The molecule has 1 aliphatic carbocycles. The van der Waals surface area contributed by atoms with Crippen molar-refractivity contribution in [2.75, 3.05) is 23.3 Å². The molecule has 2 aromatic rings. The number of hydrogen-bond donors (Lipinski definition) is 2. The molecule has 0 saturated carbocycles. The molecule has 0 bridgehead atoms. The largest absolute Gasteiger partial charge is 0.381 e. The van der Waals surface area contributed by atoms with E-state index in [1.165, 1.54) is 0 Å². The third kappa shape index (κ3) is 3.94. The molecule has 158 valence electrons. The van der Waals surface area contributed by atoms with Crippen molar-refractivity contribution in [3.63, 3.8) is 0 Å². The topological polar surface area (TPSA) is 58.4 Å². The maximum absolute atomic E-state index is 14.1. The Morgan fingerprint density at radius 3 is 2.67 bits per heavy atom. The van der Waals surface area contributed by atoms with Crippen molar-refractivity contribution in [3.05, 3.63) is 70.6 Å². The van der Waals surface area contributed by atoms with Crippen LogP contribution in [-0.4, -0.2) is 25.0 Å². The summed E-state index contributed by atoms with van der Waals surface area (Å²) in [7, 11) is 0. The lowest BCUT2D eigenvalue weighted by Crippen LogP contribution is -2.33. The van der Waals surface area contributed by atoms with Crippen LogP contribution in [0.5, 0.6) is 0 Å². The van der Waals surface area contributed by atoms with Crippen molar-refractivity contribution in [1.29, 1.82) is 0 Å². The van der Waals surface area contributed by atoms with Crippen molar-refractivity contribution in [3.8, 4) is 0 Å². The molecule has 0 radical (unpaired) electrons. The van der Waals surface area contributed by atoms with E-state index in [4.69, 9.17) is 5.73 Å². The zero-order valence-corrected chi connectivity index (χ0v) is 16.7. The molecular formula is C23H24F3N3O. The smallest absolute Gasteiger partial charge is 0.223 e. The van der Waals surface area contributed by atoms with E-state index in [1.807, 2.05) is 24.3 Å². The average Bonchev–Trinajstić information content (AvgIpc) is 3.13. The molecule has 2 unspecified atom stereocenters. The second kappa shape index (κ2) is 8.14. The molecule has 0 aromatic heterocycles. The SMILES string of the molecule is CC(=O)N1CCc2ccc(NCC3=CCC(c4cc(F)c(F)cc4F)C(N)C3)cc21. The average molecular weight is 415 g/mol. The van der Waals surface area contributed by atoms with Gasteiger partial charge < -0.3 is 16.0 Å². The van der Waals surface area contributed by atoms with Gasteiger partial charge in [-0.05, 0) is 48.6 Å². The number of anilines is 2. The van der Waals surface area contributed by atoms with E-state index in [0.717, 1.165) is 35.0 Å². The first-order valence-corrected chi connectivity index (χ1v) is 10.1. The van der Waals surface area contributed by atoms with Gasteiger partial charge in [0, 0.05) is 49.4 Å². The van der Waals surface area contributed by atoms with Gasteiger partial charge >= 0.3 is 0 Å². The van der Waals surface area contributed by atoms with Gasteiger partial charge in [-0.2, -0.15) is 0 Å². The van der Waals surface area contributed by atoms with Gasteiger partial charge in [0.05, 0.1) is 0 Å². The molecule has 7 heteroatoms. The van der Waals surface area contributed by atoms with Crippen LogP contribution in [0, 0.1) is 17.5 Å². The number of fused-ring (bicyclic) bond motifs is 1. The van der Waals surface area contributed by atoms with E-state index < -0.39 is 23.4 Å². The first kappa shape index (κ1) is 20.5. The van der Waals surface area contributed by atoms with Gasteiger partial charge in [0.25, 0.3) is 0 Å². The van der Waals surface area contributed by atoms with Crippen LogP contribution in [0.3, 0.4) is 0 Å². The minimum atomic E-state index is -1.20. The molecule has 1 amide bonds. The minimum Gasteiger partial charge on any atom is -0.381 e. The lowest BCUT2D eigenvalue weighted by molar-refractivity contribution is -0.116. The first-order chi connectivity index (χ1) is 14.3. The summed E-state index contributed by atoms with van der Waals surface area (Å²) in [5, 5.41) is 3.36. The Balaban J connectivity index is 1.43. The summed E-state index contributed by atoms with van der Waals surface area (Å²) in [5.41, 5.74) is 10.5. The number of carbonyl (C=O) groups is 1. The van der Waals surface area contributed by atoms with Gasteiger partial charge in [-0.3, -0.25) is 4.79 Å². The number of nitrogens with two attached hydrogens (primary N) is 1. The van der Waals surface area contributed by atoms with Crippen molar-refractivity contribution in [2.24, 2.45) is 5.73 Å². The Bertz CT molecular complexity index is 1020. The van der Waals surface area contributed by atoms with Gasteiger partial charge in [-0.1, -0.05) is 17.7 Å². The second-order valence-electron chi connectivity index (χ2n) is 7.98. The van der Waals surface area contributed by atoms with Crippen LogP contribution in [0.15, 0.2) is 42.0 Å². The zero-order chi connectivity index (χ0) is 21.4. The molecule has 0 saturated heterocycles. The van der Waals surface area contributed by atoms with E-state index in [0.29, 0.717) is 32.0 Å². The lowest BCUT2D eigenvalue weighted by atomic mass is 9.80. The van der Waals surface area contributed by atoms with Crippen LogP contribution in [0.4, 0.5) is 24.5 Å². The standard InChI is InChI=1S/C23H24F3N3O/c1-13(30)29-7-6-15-3-4-16(9-23(15)29)28-12-14-2-5-17(22(27)8-14)18-10-20(25)21(26)11-19(18)24/h2-4,9-11,17,22,28H,5-8,12,27H2,1H3.